The second-order valence-corrected chi connectivity index (χ2v) is 6.63. The number of sulfonamides is 1. The largest absolute Gasteiger partial charge is 0.396 e. The van der Waals surface area contributed by atoms with E-state index in [1.807, 2.05) is 12.1 Å². The molecule has 0 aliphatic carbocycles. The summed E-state index contributed by atoms with van der Waals surface area (Å²) in [6.45, 7) is 5.93. The topological polar surface area (TPSA) is 66.4 Å². The first-order chi connectivity index (χ1) is 8.90. The van der Waals surface area contributed by atoms with Crippen LogP contribution in [0.3, 0.4) is 0 Å². The summed E-state index contributed by atoms with van der Waals surface area (Å²) in [5.41, 5.74) is 1.14. The first kappa shape index (κ1) is 16.1. The average Bonchev–Trinajstić information content (AvgIpc) is 2.37. The molecule has 19 heavy (non-hydrogen) atoms. The first-order valence-corrected chi connectivity index (χ1v) is 8.12. The minimum Gasteiger partial charge on any atom is -0.396 e. The second-order valence-electron chi connectivity index (χ2n) is 4.91. The molecule has 0 saturated heterocycles. The Morgan fingerprint density at radius 2 is 1.79 bits per heavy atom. The molecule has 2 N–H and O–H groups in total. The van der Waals surface area contributed by atoms with Gasteiger partial charge in [-0.3, -0.25) is 0 Å². The Morgan fingerprint density at radius 1 is 1.21 bits per heavy atom. The predicted octanol–water partition coefficient (Wildman–Crippen LogP) is 2.25. The van der Waals surface area contributed by atoms with Crippen molar-refractivity contribution in [2.24, 2.45) is 0 Å². The smallest absolute Gasteiger partial charge is 0.240 e. The van der Waals surface area contributed by atoms with Crippen LogP contribution in [0.2, 0.25) is 0 Å². The predicted molar refractivity (Wildman–Crippen MR) is 76.6 cm³/mol. The van der Waals surface area contributed by atoms with E-state index in [0.717, 1.165) is 12.0 Å². The molecular weight excluding hydrogens is 262 g/mol. The van der Waals surface area contributed by atoms with Gasteiger partial charge < -0.3 is 5.11 Å². The highest BCUT2D eigenvalue weighted by Gasteiger charge is 2.17. The summed E-state index contributed by atoms with van der Waals surface area (Å²) in [4.78, 5) is 0.268. The fourth-order valence-electron chi connectivity index (χ4n) is 1.80. The van der Waals surface area contributed by atoms with Crippen LogP contribution in [-0.4, -0.2) is 26.2 Å². The van der Waals surface area contributed by atoms with E-state index in [4.69, 9.17) is 5.11 Å². The van der Waals surface area contributed by atoms with Gasteiger partial charge in [-0.1, -0.05) is 26.0 Å². The van der Waals surface area contributed by atoms with Crippen LogP contribution >= 0.6 is 0 Å². The van der Waals surface area contributed by atoms with Gasteiger partial charge in [0.25, 0.3) is 0 Å². The molecule has 0 fully saturated rings. The molecule has 0 radical (unpaired) electrons. The van der Waals surface area contributed by atoms with Crippen molar-refractivity contribution in [2.45, 2.75) is 50.5 Å². The van der Waals surface area contributed by atoms with Gasteiger partial charge in [-0.2, -0.15) is 0 Å². The zero-order valence-corrected chi connectivity index (χ0v) is 12.6. The molecule has 0 saturated carbocycles. The molecule has 0 bridgehead atoms. The van der Waals surface area contributed by atoms with E-state index in [1.54, 1.807) is 19.1 Å². The molecular formula is C14H23NO3S. The minimum atomic E-state index is -3.49. The van der Waals surface area contributed by atoms with Gasteiger partial charge in [-0.05, 0) is 43.4 Å². The third-order valence-electron chi connectivity index (χ3n) is 3.29. The summed E-state index contributed by atoms with van der Waals surface area (Å²) < 4.78 is 26.7. The quantitative estimate of drug-likeness (QED) is 0.807. The molecule has 0 aliphatic rings. The third kappa shape index (κ3) is 4.60. The molecule has 0 aliphatic heterocycles. The SMILES string of the molecule is CCC(C)c1ccc(S(=O)(=O)NC(C)CCO)cc1. The number of benzene rings is 1. The van der Waals surface area contributed by atoms with Crippen molar-refractivity contribution in [2.75, 3.05) is 6.61 Å². The highest BCUT2D eigenvalue weighted by atomic mass is 32.2. The lowest BCUT2D eigenvalue weighted by Crippen LogP contribution is -2.33. The number of aliphatic hydroxyl groups is 1. The molecule has 108 valence electrons. The Hall–Kier alpha value is -0.910. The van der Waals surface area contributed by atoms with Gasteiger partial charge in [0.1, 0.15) is 0 Å². The summed E-state index contributed by atoms with van der Waals surface area (Å²) in [6.07, 6.45) is 1.43. The van der Waals surface area contributed by atoms with Crippen LogP contribution < -0.4 is 4.72 Å². The van der Waals surface area contributed by atoms with Crippen molar-refractivity contribution in [1.29, 1.82) is 0 Å². The minimum absolute atomic E-state index is 0.0311. The number of nitrogens with one attached hydrogen (secondary N) is 1. The maximum atomic E-state index is 12.1. The third-order valence-corrected chi connectivity index (χ3v) is 4.90. The zero-order chi connectivity index (χ0) is 14.5. The lowest BCUT2D eigenvalue weighted by molar-refractivity contribution is 0.275. The lowest BCUT2D eigenvalue weighted by Gasteiger charge is -2.14. The number of rotatable bonds is 7. The Kier molecular flexibility index (Phi) is 5.97. The van der Waals surface area contributed by atoms with Crippen LogP contribution in [0.1, 0.15) is 45.1 Å². The summed E-state index contributed by atoms with van der Waals surface area (Å²) in [5.74, 6) is 0.429. The van der Waals surface area contributed by atoms with Crippen molar-refractivity contribution < 1.29 is 13.5 Å². The maximum Gasteiger partial charge on any atom is 0.240 e. The standard InChI is InChI=1S/C14H23NO3S/c1-4-11(2)13-5-7-14(8-6-13)19(17,18)15-12(3)9-10-16/h5-8,11-12,15-16H,4,9-10H2,1-3H3. The summed E-state index contributed by atoms with van der Waals surface area (Å²) in [5, 5.41) is 8.79. The fourth-order valence-corrected chi connectivity index (χ4v) is 3.07. The number of aliphatic hydroxyl groups excluding tert-OH is 1. The number of hydrogen-bond acceptors (Lipinski definition) is 3. The van der Waals surface area contributed by atoms with E-state index in [2.05, 4.69) is 18.6 Å². The Bertz CT molecular complexity index is 482. The maximum absolute atomic E-state index is 12.1. The van der Waals surface area contributed by atoms with Crippen molar-refractivity contribution in [3.63, 3.8) is 0 Å². The van der Waals surface area contributed by atoms with Gasteiger partial charge in [0, 0.05) is 12.6 Å². The molecule has 0 heterocycles. The van der Waals surface area contributed by atoms with Crippen molar-refractivity contribution >= 4 is 10.0 Å². The molecule has 1 aromatic carbocycles. The van der Waals surface area contributed by atoms with E-state index in [1.165, 1.54) is 0 Å². The molecule has 2 unspecified atom stereocenters. The zero-order valence-electron chi connectivity index (χ0n) is 11.8. The summed E-state index contributed by atoms with van der Waals surface area (Å²) in [7, 11) is -3.49. The molecule has 2 atom stereocenters. The second kappa shape index (κ2) is 7.03. The first-order valence-electron chi connectivity index (χ1n) is 6.63. The van der Waals surface area contributed by atoms with E-state index < -0.39 is 10.0 Å². The number of hydrogen-bond donors (Lipinski definition) is 2. The van der Waals surface area contributed by atoms with Gasteiger partial charge in [-0.15, -0.1) is 0 Å². The normalized spacial score (nSPS) is 15.2. The summed E-state index contributed by atoms with van der Waals surface area (Å²) in [6, 6.07) is 6.72. The van der Waals surface area contributed by atoms with Crippen LogP contribution in [0.4, 0.5) is 0 Å². The average molecular weight is 285 g/mol. The van der Waals surface area contributed by atoms with Gasteiger partial charge >= 0.3 is 0 Å². The lowest BCUT2D eigenvalue weighted by atomic mass is 9.99. The van der Waals surface area contributed by atoms with Crippen molar-refractivity contribution in [3.05, 3.63) is 29.8 Å². The van der Waals surface area contributed by atoms with Crippen LogP contribution in [0.25, 0.3) is 0 Å². The molecule has 0 amide bonds. The van der Waals surface area contributed by atoms with Crippen LogP contribution in [0.5, 0.6) is 0 Å². The molecule has 1 aromatic rings. The Labute approximate surface area is 115 Å². The van der Waals surface area contributed by atoms with Crippen molar-refractivity contribution in [1.82, 2.24) is 4.72 Å². The monoisotopic (exact) mass is 285 g/mol. The highest BCUT2D eigenvalue weighted by molar-refractivity contribution is 7.89. The Morgan fingerprint density at radius 3 is 2.26 bits per heavy atom. The molecule has 5 heteroatoms. The van der Waals surface area contributed by atoms with Crippen LogP contribution in [0, 0.1) is 0 Å². The highest BCUT2D eigenvalue weighted by Crippen LogP contribution is 2.20. The van der Waals surface area contributed by atoms with Crippen molar-refractivity contribution in [3.8, 4) is 0 Å². The van der Waals surface area contributed by atoms with Crippen LogP contribution in [-0.2, 0) is 10.0 Å². The van der Waals surface area contributed by atoms with E-state index in [0.29, 0.717) is 12.3 Å². The van der Waals surface area contributed by atoms with E-state index in [-0.39, 0.29) is 17.5 Å². The molecule has 4 nitrogen and oxygen atoms in total. The van der Waals surface area contributed by atoms with Gasteiger partial charge in [0.05, 0.1) is 4.90 Å². The summed E-state index contributed by atoms with van der Waals surface area (Å²) >= 11 is 0. The van der Waals surface area contributed by atoms with Gasteiger partial charge in [0.2, 0.25) is 10.0 Å². The van der Waals surface area contributed by atoms with Crippen LogP contribution in [0.15, 0.2) is 29.2 Å². The Balaban J connectivity index is 2.85. The van der Waals surface area contributed by atoms with Gasteiger partial charge in [-0.25, -0.2) is 13.1 Å². The van der Waals surface area contributed by atoms with E-state index >= 15 is 0 Å². The van der Waals surface area contributed by atoms with Gasteiger partial charge in [0.15, 0.2) is 0 Å². The fraction of sp³-hybridized carbons (Fsp3) is 0.571. The molecule has 1 rings (SSSR count). The molecule has 0 aromatic heterocycles. The van der Waals surface area contributed by atoms with E-state index in [9.17, 15) is 8.42 Å². The molecule has 0 spiro atoms.